The van der Waals surface area contributed by atoms with E-state index >= 15 is 0 Å². The molecule has 1 unspecified atom stereocenters. The zero-order chi connectivity index (χ0) is 15.6. The zero-order valence-electron chi connectivity index (χ0n) is 12.9. The fourth-order valence-electron chi connectivity index (χ4n) is 2.34. The van der Waals surface area contributed by atoms with E-state index in [2.05, 4.69) is 23.6 Å². The molecule has 0 aliphatic heterocycles. The number of rotatable bonds is 4. The van der Waals surface area contributed by atoms with Crippen molar-refractivity contribution in [3.63, 3.8) is 0 Å². The Bertz CT molecular complexity index is 492. The molecule has 1 fully saturated rings. The van der Waals surface area contributed by atoms with Gasteiger partial charge >= 0.3 is 6.09 Å². The van der Waals surface area contributed by atoms with Crippen molar-refractivity contribution < 1.29 is 9.53 Å². The summed E-state index contributed by atoms with van der Waals surface area (Å²) in [6.07, 6.45) is 1.54. The Kier molecular flexibility index (Phi) is 5.17. The fraction of sp³-hybridized carbons (Fsp3) is 0.667. The number of ether oxygens (including phenoxy) is 1. The van der Waals surface area contributed by atoms with Gasteiger partial charge in [-0.2, -0.15) is 0 Å². The summed E-state index contributed by atoms with van der Waals surface area (Å²) < 4.78 is 6.07. The van der Waals surface area contributed by atoms with Crippen LogP contribution in [0.5, 0.6) is 0 Å². The Morgan fingerprint density at radius 2 is 2.05 bits per heavy atom. The average molecular weight is 331 g/mol. The lowest BCUT2D eigenvalue weighted by Gasteiger charge is -2.38. The summed E-state index contributed by atoms with van der Waals surface area (Å²) in [6.45, 7) is 7.74. The number of carbonyl (C=O) groups excluding carboxylic acids is 1. The average Bonchev–Trinajstić information content (AvgIpc) is 2.70. The van der Waals surface area contributed by atoms with Gasteiger partial charge in [-0.05, 0) is 52.7 Å². The van der Waals surface area contributed by atoms with Gasteiger partial charge in [0.05, 0.1) is 4.34 Å². The third kappa shape index (κ3) is 5.16. The van der Waals surface area contributed by atoms with Crippen LogP contribution in [0.15, 0.2) is 12.1 Å². The topological polar surface area (TPSA) is 50.4 Å². The van der Waals surface area contributed by atoms with E-state index in [9.17, 15) is 4.79 Å². The van der Waals surface area contributed by atoms with Crippen LogP contribution in [0.4, 0.5) is 4.79 Å². The largest absolute Gasteiger partial charge is 0.444 e. The van der Waals surface area contributed by atoms with Gasteiger partial charge < -0.3 is 15.4 Å². The van der Waals surface area contributed by atoms with Crippen molar-refractivity contribution in [3.05, 3.63) is 21.3 Å². The van der Waals surface area contributed by atoms with Crippen LogP contribution in [0.3, 0.4) is 0 Å². The third-order valence-corrected chi connectivity index (χ3v) is 4.78. The van der Waals surface area contributed by atoms with Crippen molar-refractivity contribution >= 4 is 29.0 Å². The highest BCUT2D eigenvalue weighted by Gasteiger charge is 2.32. The van der Waals surface area contributed by atoms with Gasteiger partial charge in [0.2, 0.25) is 0 Å². The second-order valence-corrected chi connectivity index (χ2v) is 8.29. The zero-order valence-corrected chi connectivity index (χ0v) is 14.5. The van der Waals surface area contributed by atoms with Gasteiger partial charge in [-0.1, -0.05) is 11.6 Å². The van der Waals surface area contributed by atoms with Crippen LogP contribution in [0.2, 0.25) is 4.34 Å². The van der Waals surface area contributed by atoms with E-state index in [1.54, 1.807) is 11.3 Å². The summed E-state index contributed by atoms with van der Waals surface area (Å²) in [6, 6.07) is 4.90. The van der Waals surface area contributed by atoms with Gasteiger partial charge in [-0.25, -0.2) is 4.79 Å². The monoisotopic (exact) mass is 330 g/mol. The van der Waals surface area contributed by atoms with Crippen LogP contribution in [-0.4, -0.2) is 23.8 Å². The molecule has 21 heavy (non-hydrogen) atoms. The number of amides is 1. The van der Waals surface area contributed by atoms with Crippen molar-refractivity contribution in [1.29, 1.82) is 0 Å². The molecule has 2 rings (SSSR count). The van der Waals surface area contributed by atoms with E-state index in [-0.39, 0.29) is 18.2 Å². The third-order valence-electron chi connectivity index (χ3n) is 3.37. The molecule has 1 aliphatic carbocycles. The highest BCUT2D eigenvalue weighted by molar-refractivity contribution is 7.16. The highest BCUT2D eigenvalue weighted by atomic mass is 35.5. The highest BCUT2D eigenvalue weighted by Crippen LogP contribution is 2.29. The summed E-state index contributed by atoms with van der Waals surface area (Å²) >= 11 is 7.55. The number of hydrogen-bond acceptors (Lipinski definition) is 4. The minimum atomic E-state index is -0.446. The molecule has 1 saturated carbocycles. The number of hydrogen-bond donors (Lipinski definition) is 2. The number of halogens is 1. The lowest BCUT2D eigenvalue weighted by molar-refractivity contribution is 0.0463. The van der Waals surface area contributed by atoms with Gasteiger partial charge in [-0.3, -0.25) is 0 Å². The van der Waals surface area contributed by atoms with E-state index in [0.717, 1.165) is 17.2 Å². The van der Waals surface area contributed by atoms with Crippen molar-refractivity contribution in [3.8, 4) is 0 Å². The summed E-state index contributed by atoms with van der Waals surface area (Å²) in [5, 5.41) is 6.46. The second-order valence-electron chi connectivity index (χ2n) is 6.54. The molecular formula is C15H23ClN2O2S. The molecular weight excluding hydrogens is 308 g/mol. The smallest absolute Gasteiger partial charge is 0.407 e. The Labute approximate surface area is 135 Å². The van der Waals surface area contributed by atoms with Crippen molar-refractivity contribution in [2.75, 3.05) is 0 Å². The number of carbonyl (C=O) groups is 1. The fourth-order valence-corrected chi connectivity index (χ4v) is 3.42. The van der Waals surface area contributed by atoms with Crippen LogP contribution in [0.25, 0.3) is 0 Å². The molecule has 0 bridgehead atoms. The Morgan fingerprint density at radius 3 is 2.57 bits per heavy atom. The van der Waals surface area contributed by atoms with Gasteiger partial charge in [0, 0.05) is 23.0 Å². The van der Waals surface area contributed by atoms with Gasteiger partial charge in [0.25, 0.3) is 0 Å². The molecule has 118 valence electrons. The van der Waals surface area contributed by atoms with E-state index < -0.39 is 5.60 Å². The van der Waals surface area contributed by atoms with Crippen molar-refractivity contribution in [2.45, 2.75) is 64.3 Å². The van der Waals surface area contributed by atoms with E-state index in [1.807, 2.05) is 26.8 Å². The molecule has 1 aromatic rings. The summed E-state index contributed by atoms with van der Waals surface area (Å²) in [4.78, 5) is 12.9. The molecule has 0 spiro atoms. The Balaban J connectivity index is 1.68. The van der Waals surface area contributed by atoms with Crippen LogP contribution >= 0.6 is 22.9 Å². The predicted molar refractivity (Wildman–Crippen MR) is 87.1 cm³/mol. The molecule has 0 radical (unpaired) electrons. The molecule has 4 nitrogen and oxygen atoms in total. The molecule has 6 heteroatoms. The van der Waals surface area contributed by atoms with Crippen molar-refractivity contribution in [2.24, 2.45) is 0 Å². The quantitative estimate of drug-likeness (QED) is 0.873. The van der Waals surface area contributed by atoms with Crippen molar-refractivity contribution in [1.82, 2.24) is 10.6 Å². The van der Waals surface area contributed by atoms with E-state index in [4.69, 9.17) is 16.3 Å². The first-order valence-corrected chi connectivity index (χ1v) is 8.43. The lowest BCUT2D eigenvalue weighted by Crippen LogP contribution is -2.53. The van der Waals surface area contributed by atoms with Crippen LogP contribution in [-0.2, 0) is 4.74 Å². The number of thiophene rings is 1. The lowest BCUT2D eigenvalue weighted by atomic mass is 9.86. The van der Waals surface area contributed by atoms with E-state index in [1.165, 1.54) is 4.88 Å². The summed E-state index contributed by atoms with van der Waals surface area (Å²) in [5.41, 5.74) is -0.446. The molecule has 0 aromatic carbocycles. The first kappa shape index (κ1) is 16.6. The molecule has 2 N–H and O–H groups in total. The first-order chi connectivity index (χ1) is 9.73. The predicted octanol–water partition coefficient (Wildman–Crippen LogP) is 4.11. The maximum absolute atomic E-state index is 11.6. The maximum atomic E-state index is 11.6. The molecule has 1 heterocycles. The normalized spacial score (nSPS) is 23.3. The summed E-state index contributed by atoms with van der Waals surface area (Å²) in [7, 11) is 0. The number of alkyl carbamates (subject to hydrolysis) is 1. The van der Waals surface area contributed by atoms with Gasteiger partial charge in [-0.15, -0.1) is 11.3 Å². The molecule has 1 aliphatic rings. The Morgan fingerprint density at radius 1 is 1.38 bits per heavy atom. The van der Waals surface area contributed by atoms with Gasteiger partial charge in [0.1, 0.15) is 5.60 Å². The van der Waals surface area contributed by atoms with Gasteiger partial charge in [0.15, 0.2) is 0 Å². The SMILES string of the molecule is CC(NC1CC(NC(=O)OC(C)(C)C)C1)c1ccc(Cl)s1. The molecule has 1 amide bonds. The minimum Gasteiger partial charge on any atom is -0.444 e. The first-order valence-electron chi connectivity index (χ1n) is 7.24. The molecule has 1 aromatic heterocycles. The van der Waals surface area contributed by atoms with Crippen LogP contribution < -0.4 is 10.6 Å². The maximum Gasteiger partial charge on any atom is 0.407 e. The minimum absolute atomic E-state index is 0.205. The van der Waals surface area contributed by atoms with Crippen LogP contribution in [0, 0.1) is 0 Å². The standard InChI is InChI=1S/C15H23ClN2O2S/c1-9(12-5-6-13(16)21-12)17-10-7-11(8-10)18-14(19)20-15(2,3)4/h5-6,9-11,17H,7-8H2,1-4H3,(H,18,19). The van der Waals surface area contributed by atoms with E-state index in [0.29, 0.717) is 6.04 Å². The molecule has 1 atom stereocenters. The number of nitrogens with one attached hydrogen (secondary N) is 2. The summed E-state index contributed by atoms with van der Waals surface area (Å²) in [5.74, 6) is 0. The molecule has 0 saturated heterocycles. The Hall–Kier alpha value is -0.780. The van der Waals surface area contributed by atoms with Crippen LogP contribution in [0.1, 0.15) is 51.5 Å². The second kappa shape index (κ2) is 6.55.